The lowest BCUT2D eigenvalue weighted by atomic mass is 10.0. The maximum absolute atomic E-state index is 13.5. The number of hydrogen-bond acceptors (Lipinski definition) is 6. The van der Waals surface area contributed by atoms with Crippen LogP contribution in [0.1, 0.15) is 53.8 Å². The van der Waals surface area contributed by atoms with Crippen LogP contribution in [0, 0.1) is 5.92 Å². The molecule has 0 bridgehead atoms. The molecule has 0 aliphatic carbocycles. The SMILES string of the molecule is CC(C)C[C@H]1COc2ccc(Cl)cc2C(=O)NCCCCN(C(=O)c2cnn3cccnc23)CC(=O)N1. The summed E-state index contributed by atoms with van der Waals surface area (Å²) >= 11 is 6.14. The third-order valence-electron chi connectivity index (χ3n) is 6.02. The molecule has 2 N–H and O–H groups in total. The molecule has 11 heteroatoms. The Morgan fingerprint density at radius 3 is 2.92 bits per heavy atom. The molecule has 1 aromatic carbocycles. The van der Waals surface area contributed by atoms with Crippen molar-refractivity contribution in [1.82, 2.24) is 30.1 Å². The van der Waals surface area contributed by atoms with Crippen molar-refractivity contribution in [2.75, 3.05) is 26.2 Å². The van der Waals surface area contributed by atoms with Crippen LogP contribution in [0.4, 0.5) is 0 Å². The van der Waals surface area contributed by atoms with Gasteiger partial charge in [-0.15, -0.1) is 0 Å². The molecular weight excluding hydrogens is 496 g/mol. The Kier molecular flexibility index (Phi) is 8.60. The molecule has 0 fully saturated rings. The Morgan fingerprint density at radius 2 is 2.11 bits per heavy atom. The number of halogens is 1. The van der Waals surface area contributed by atoms with E-state index in [-0.39, 0.29) is 42.8 Å². The van der Waals surface area contributed by atoms with Gasteiger partial charge in [0.15, 0.2) is 5.65 Å². The summed E-state index contributed by atoms with van der Waals surface area (Å²) in [6, 6.07) is 6.30. The van der Waals surface area contributed by atoms with E-state index in [0.29, 0.717) is 59.9 Å². The van der Waals surface area contributed by atoms with Crippen LogP contribution in [0.5, 0.6) is 5.75 Å². The largest absolute Gasteiger partial charge is 0.491 e. The highest BCUT2D eigenvalue weighted by molar-refractivity contribution is 6.31. The first kappa shape index (κ1) is 26.4. The molecule has 196 valence electrons. The predicted molar refractivity (Wildman–Crippen MR) is 139 cm³/mol. The normalized spacial score (nSPS) is 17.8. The fourth-order valence-electron chi connectivity index (χ4n) is 4.31. The molecule has 3 aromatic rings. The van der Waals surface area contributed by atoms with Gasteiger partial charge in [0.2, 0.25) is 5.91 Å². The van der Waals surface area contributed by atoms with Gasteiger partial charge in [-0.25, -0.2) is 9.50 Å². The van der Waals surface area contributed by atoms with Gasteiger partial charge in [0.25, 0.3) is 11.8 Å². The zero-order chi connectivity index (χ0) is 26.4. The number of amides is 3. The second-order valence-corrected chi connectivity index (χ2v) is 9.92. The smallest absolute Gasteiger partial charge is 0.259 e. The number of benzene rings is 1. The zero-order valence-corrected chi connectivity index (χ0v) is 21.7. The van der Waals surface area contributed by atoms with Gasteiger partial charge >= 0.3 is 0 Å². The van der Waals surface area contributed by atoms with Crippen molar-refractivity contribution < 1.29 is 19.1 Å². The van der Waals surface area contributed by atoms with Crippen molar-refractivity contribution in [2.24, 2.45) is 5.92 Å². The van der Waals surface area contributed by atoms with E-state index >= 15 is 0 Å². The Balaban J connectivity index is 1.57. The quantitative estimate of drug-likeness (QED) is 0.542. The molecule has 37 heavy (non-hydrogen) atoms. The number of carbonyl (C=O) groups is 3. The lowest BCUT2D eigenvalue weighted by molar-refractivity contribution is -0.122. The van der Waals surface area contributed by atoms with Gasteiger partial charge in [-0.05, 0) is 49.4 Å². The molecule has 0 spiro atoms. The van der Waals surface area contributed by atoms with Crippen molar-refractivity contribution in [3.8, 4) is 5.75 Å². The molecule has 3 heterocycles. The number of nitrogens with zero attached hydrogens (tertiary/aromatic N) is 4. The van der Waals surface area contributed by atoms with Crippen LogP contribution in [0.25, 0.3) is 5.65 Å². The van der Waals surface area contributed by atoms with E-state index in [1.165, 1.54) is 15.6 Å². The van der Waals surface area contributed by atoms with Crippen LogP contribution >= 0.6 is 11.6 Å². The van der Waals surface area contributed by atoms with Crippen LogP contribution in [0.15, 0.2) is 42.9 Å². The molecule has 0 saturated carbocycles. The Labute approximate surface area is 220 Å². The molecular formula is C26H31ClN6O4. The van der Waals surface area contributed by atoms with Gasteiger partial charge in [0, 0.05) is 30.5 Å². The molecule has 3 amide bonds. The van der Waals surface area contributed by atoms with E-state index in [0.717, 1.165) is 0 Å². The van der Waals surface area contributed by atoms with E-state index in [1.54, 1.807) is 36.7 Å². The fraction of sp³-hybridized carbons (Fsp3) is 0.423. The summed E-state index contributed by atoms with van der Waals surface area (Å²) in [5.74, 6) is -0.214. The van der Waals surface area contributed by atoms with E-state index in [4.69, 9.17) is 16.3 Å². The number of aromatic nitrogens is 3. The van der Waals surface area contributed by atoms with Crippen LogP contribution in [-0.4, -0.2) is 69.5 Å². The molecule has 4 rings (SSSR count). The maximum Gasteiger partial charge on any atom is 0.259 e. The van der Waals surface area contributed by atoms with Crippen LogP contribution in [0.3, 0.4) is 0 Å². The number of hydrogen-bond donors (Lipinski definition) is 2. The van der Waals surface area contributed by atoms with Gasteiger partial charge < -0.3 is 20.3 Å². The number of rotatable bonds is 3. The number of nitrogens with one attached hydrogen (secondary N) is 2. The lowest BCUT2D eigenvalue weighted by Gasteiger charge is -2.25. The van der Waals surface area contributed by atoms with Gasteiger partial charge in [0.05, 0.1) is 24.3 Å². The zero-order valence-electron chi connectivity index (χ0n) is 20.9. The summed E-state index contributed by atoms with van der Waals surface area (Å²) in [4.78, 5) is 45.2. The summed E-state index contributed by atoms with van der Waals surface area (Å²) < 4.78 is 7.52. The Morgan fingerprint density at radius 1 is 1.27 bits per heavy atom. The van der Waals surface area contributed by atoms with Crippen molar-refractivity contribution in [2.45, 2.75) is 39.2 Å². The van der Waals surface area contributed by atoms with E-state index in [1.807, 2.05) is 0 Å². The highest BCUT2D eigenvalue weighted by atomic mass is 35.5. The molecule has 0 unspecified atom stereocenters. The summed E-state index contributed by atoms with van der Waals surface area (Å²) in [6.45, 7) is 4.88. The predicted octanol–water partition coefficient (Wildman–Crippen LogP) is 2.96. The highest BCUT2D eigenvalue weighted by Crippen LogP contribution is 2.24. The minimum Gasteiger partial charge on any atom is -0.491 e. The Bertz CT molecular complexity index is 1280. The average molecular weight is 527 g/mol. The van der Waals surface area contributed by atoms with Crippen LogP contribution in [0.2, 0.25) is 5.02 Å². The molecule has 0 saturated heterocycles. The second-order valence-electron chi connectivity index (χ2n) is 9.48. The third kappa shape index (κ3) is 6.76. The molecule has 1 aliphatic heterocycles. The van der Waals surface area contributed by atoms with Crippen LogP contribution < -0.4 is 15.4 Å². The monoisotopic (exact) mass is 526 g/mol. The first-order valence-electron chi connectivity index (χ1n) is 12.4. The van der Waals surface area contributed by atoms with Crippen molar-refractivity contribution >= 4 is 35.0 Å². The van der Waals surface area contributed by atoms with E-state index in [2.05, 4.69) is 34.6 Å². The van der Waals surface area contributed by atoms with Gasteiger partial charge in [-0.2, -0.15) is 5.10 Å². The maximum atomic E-state index is 13.5. The van der Waals surface area contributed by atoms with E-state index in [9.17, 15) is 14.4 Å². The topological polar surface area (TPSA) is 118 Å². The van der Waals surface area contributed by atoms with Crippen molar-refractivity contribution in [1.29, 1.82) is 0 Å². The summed E-state index contributed by atoms with van der Waals surface area (Å²) in [7, 11) is 0. The lowest BCUT2D eigenvalue weighted by Crippen LogP contribution is -2.46. The third-order valence-corrected chi connectivity index (χ3v) is 6.25. The summed E-state index contributed by atoms with van der Waals surface area (Å²) in [5.41, 5.74) is 1.10. The molecule has 0 radical (unpaired) electrons. The first-order valence-corrected chi connectivity index (χ1v) is 12.8. The number of fused-ring (bicyclic) bond motifs is 2. The summed E-state index contributed by atoms with van der Waals surface area (Å²) in [6.07, 6.45) is 6.62. The van der Waals surface area contributed by atoms with Gasteiger partial charge in [0.1, 0.15) is 17.9 Å². The van der Waals surface area contributed by atoms with Gasteiger partial charge in [-0.3, -0.25) is 14.4 Å². The molecule has 1 aliphatic rings. The Hall–Kier alpha value is -3.66. The number of ether oxygens (including phenoxy) is 1. The fourth-order valence-corrected chi connectivity index (χ4v) is 4.48. The molecule has 2 aromatic heterocycles. The summed E-state index contributed by atoms with van der Waals surface area (Å²) in [5, 5.41) is 10.5. The number of carbonyl (C=O) groups excluding carboxylic acids is 3. The van der Waals surface area contributed by atoms with Gasteiger partial charge in [-0.1, -0.05) is 25.4 Å². The first-order chi connectivity index (χ1) is 17.8. The molecule has 10 nitrogen and oxygen atoms in total. The van der Waals surface area contributed by atoms with E-state index < -0.39 is 0 Å². The molecule has 1 atom stereocenters. The second kappa shape index (κ2) is 12.1. The van der Waals surface area contributed by atoms with Crippen LogP contribution in [-0.2, 0) is 4.79 Å². The van der Waals surface area contributed by atoms with Crippen molar-refractivity contribution in [3.63, 3.8) is 0 Å². The minimum absolute atomic E-state index is 0.115. The average Bonchev–Trinajstić information content (AvgIpc) is 3.29. The minimum atomic E-state index is -0.323. The standard InChI is InChI=1S/C26H31ClN6O4/c1-17(2)12-19-16-37-22-7-6-18(27)13-20(22)25(35)29-8-3-4-10-32(15-23(34)31-19)26(36)21-14-30-33-11-5-9-28-24(21)33/h5-7,9,11,13-14,17,19H,3-4,8,10,12,15-16H2,1-2H3,(H,29,35)(H,31,34)/t19-/m0/s1. The van der Waals surface area contributed by atoms with Crippen molar-refractivity contribution in [3.05, 3.63) is 59.0 Å². The highest BCUT2D eigenvalue weighted by Gasteiger charge is 2.25.